The average Bonchev–Trinajstić information content (AvgIpc) is 2.81. The number of benzene rings is 2. The second-order valence-electron chi connectivity index (χ2n) is 4.43. The van der Waals surface area contributed by atoms with Gasteiger partial charge in [0.05, 0.1) is 27.8 Å². The summed E-state index contributed by atoms with van der Waals surface area (Å²) >= 11 is 0. The molecule has 6 nitrogen and oxygen atoms in total. The minimum atomic E-state index is -1.08. The van der Waals surface area contributed by atoms with E-state index in [4.69, 9.17) is 10.4 Å². The average molecular weight is 279 g/mol. The molecule has 0 unspecified atom stereocenters. The van der Waals surface area contributed by atoms with Crippen LogP contribution in [0.3, 0.4) is 0 Å². The number of rotatable bonds is 2. The molecule has 0 atom stereocenters. The summed E-state index contributed by atoms with van der Waals surface area (Å²) in [5, 5.41) is 18.2. The quantitative estimate of drug-likeness (QED) is 0.748. The Hall–Kier alpha value is -3.33. The van der Waals surface area contributed by atoms with Crippen molar-refractivity contribution in [1.82, 2.24) is 9.55 Å². The number of H-pyrrole nitrogens is 1. The second kappa shape index (κ2) is 4.65. The largest absolute Gasteiger partial charge is 0.478 e. The number of aromatic nitrogens is 2. The van der Waals surface area contributed by atoms with E-state index < -0.39 is 11.7 Å². The number of imidazole rings is 1. The van der Waals surface area contributed by atoms with Crippen LogP contribution in [-0.4, -0.2) is 20.6 Å². The van der Waals surface area contributed by atoms with Crippen molar-refractivity contribution in [3.05, 3.63) is 64.1 Å². The molecule has 2 aromatic carbocycles. The third-order valence-corrected chi connectivity index (χ3v) is 3.20. The molecule has 21 heavy (non-hydrogen) atoms. The first-order valence-corrected chi connectivity index (χ1v) is 6.09. The Morgan fingerprint density at radius 1 is 1.24 bits per heavy atom. The van der Waals surface area contributed by atoms with Gasteiger partial charge < -0.3 is 10.1 Å². The fourth-order valence-corrected chi connectivity index (χ4v) is 2.24. The molecule has 6 heteroatoms. The van der Waals surface area contributed by atoms with E-state index in [2.05, 4.69) is 4.98 Å². The minimum Gasteiger partial charge on any atom is -0.478 e. The molecule has 2 N–H and O–H groups in total. The number of carboxylic acids is 1. The van der Waals surface area contributed by atoms with Gasteiger partial charge in [0.25, 0.3) is 0 Å². The molecule has 0 aliphatic rings. The fourth-order valence-electron chi connectivity index (χ4n) is 2.24. The lowest BCUT2D eigenvalue weighted by molar-refractivity contribution is 0.0697. The number of hydrogen-bond acceptors (Lipinski definition) is 3. The van der Waals surface area contributed by atoms with Crippen molar-refractivity contribution in [3.63, 3.8) is 0 Å². The normalized spacial score (nSPS) is 10.4. The minimum absolute atomic E-state index is 0.0738. The van der Waals surface area contributed by atoms with E-state index in [0.29, 0.717) is 22.3 Å². The van der Waals surface area contributed by atoms with Crippen LogP contribution in [0.25, 0.3) is 16.7 Å². The molecular weight excluding hydrogens is 270 g/mol. The highest BCUT2D eigenvalue weighted by Crippen LogP contribution is 2.19. The SMILES string of the molecule is N#Cc1ccccc1-n1c(=O)[nH]c2ccc(C(=O)O)cc21. The molecule has 3 rings (SSSR count). The molecule has 0 aliphatic carbocycles. The smallest absolute Gasteiger partial charge is 0.335 e. The molecule has 1 aromatic heterocycles. The summed E-state index contributed by atoms with van der Waals surface area (Å²) in [6.45, 7) is 0. The summed E-state index contributed by atoms with van der Waals surface area (Å²) in [5.41, 5.74) is 1.33. The zero-order valence-electron chi connectivity index (χ0n) is 10.7. The van der Waals surface area contributed by atoms with Crippen molar-refractivity contribution in [2.45, 2.75) is 0 Å². The Morgan fingerprint density at radius 3 is 2.71 bits per heavy atom. The van der Waals surface area contributed by atoms with E-state index in [0.717, 1.165) is 0 Å². The van der Waals surface area contributed by atoms with Crippen LogP contribution in [0.2, 0.25) is 0 Å². The highest BCUT2D eigenvalue weighted by molar-refractivity contribution is 5.92. The molecule has 0 radical (unpaired) electrons. The number of nitrogens with one attached hydrogen (secondary N) is 1. The maximum absolute atomic E-state index is 12.1. The van der Waals surface area contributed by atoms with Crippen molar-refractivity contribution in [2.75, 3.05) is 0 Å². The summed E-state index contributed by atoms with van der Waals surface area (Å²) in [4.78, 5) is 25.9. The molecule has 102 valence electrons. The molecule has 0 saturated carbocycles. The maximum atomic E-state index is 12.1. The first-order valence-electron chi connectivity index (χ1n) is 6.09. The molecule has 1 heterocycles. The lowest BCUT2D eigenvalue weighted by Crippen LogP contribution is -2.15. The van der Waals surface area contributed by atoms with Crippen molar-refractivity contribution >= 4 is 17.0 Å². The third-order valence-electron chi connectivity index (χ3n) is 3.20. The van der Waals surface area contributed by atoms with Crippen molar-refractivity contribution in [3.8, 4) is 11.8 Å². The zero-order chi connectivity index (χ0) is 15.0. The van der Waals surface area contributed by atoms with Gasteiger partial charge in [-0.15, -0.1) is 0 Å². The summed E-state index contributed by atoms with van der Waals surface area (Å²) in [6, 6.07) is 13.0. The molecule has 0 bridgehead atoms. The summed E-state index contributed by atoms with van der Waals surface area (Å²) < 4.78 is 1.31. The van der Waals surface area contributed by atoms with Gasteiger partial charge in [0.2, 0.25) is 0 Å². The molecule has 0 saturated heterocycles. The Labute approximate surface area is 118 Å². The lowest BCUT2D eigenvalue weighted by Gasteiger charge is -2.05. The number of aromatic carboxylic acids is 1. The molecule has 0 amide bonds. The summed E-state index contributed by atoms with van der Waals surface area (Å²) in [7, 11) is 0. The maximum Gasteiger partial charge on any atom is 0.335 e. The van der Waals surface area contributed by atoms with Crippen LogP contribution in [0.15, 0.2) is 47.3 Å². The fraction of sp³-hybridized carbons (Fsp3) is 0. The molecule has 0 fully saturated rings. The first-order chi connectivity index (χ1) is 10.1. The Morgan fingerprint density at radius 2 is 2.00 bits per heavy atom. The van der Waals surface area contributed by atoms with Gasteiger partial charge in [-0.3, -0.25) is 4.57 Å². The third kappa shape index (κ3) is 1.97. The van der Waals surface area contributed by atoms with Crippen molar-refractivity contribution in [1.29, 1.82) is 5.26 Å². The van der Waals surface area contributed by atoms with Crippen LogP contribution < -0.4 is 5.69 Å². The Balaban J connectivity index is 2.39. The highest BCUT2D eigenvalue weighted by atomic mass is 16.4. The Bertz CT molecular complexity index is 960. The van der Waals surface area contributed by atoms with Gasteiger partial charge in [-0.25, -0.2) is 9.59 Å². The van der Waals surface area contributed by atoms with Crippen LogP contribution >= 0.6 is 0 Å². The van der Waals surface area contributed by atoms with Gasteiger partial charge in [-0.05, 0) is 30.3 Å². The van der Waals surface area contributed by atoms with Gasteiger partial charge in [-0.2, -0.15) is 5.26 Å². The monoisotopic (exact) mass is 279 g/mol. The molecule has 3 aromatic rings. The van der Waals surface area contributed by atoms with E-state index in [1.54, 1.807) is 24.3 Å². The summed E-state index contributed by atoms with van der Waals surface area (Å²) in [5.74, 6) is -1.08. The molecule has 0 aliphatic heterocycles. The molecule has 0 spiro atoms. The number of para-hydroxylation sites is 1. The predicted molar refractivity (Wildman–Crippen MR) is 75.6 cm³/mol. The number of hydrogen-bond donors (Lipinski definition) is 2. The predicted octanol–water partition coefficient (Wildman–Crippen LogP) is 1.89. The van der Waals surface area contributed by atoms with E-state index >= 15 is 0 Å². The number of nitrogens with zero attached hydrogens (tertiary/aromatic N) is 2. The van der Waals surface area contributed by atoms with Gasteiger partial charge in [0.15, 0.2) is 0 Å². The van der Waals surface area contributed by atoms with E-state index in [-0.39, 0.29) is 5.56 Å². The number of carbonyl (C=O) groups is 1. The molecular formula is C15H9N3O3. The number of nitriles is 1. The van der Waals surface area contributed by atoms with E-state index in [1.807, 2.05) is 6.07 Å². The Kier molecular flexibility index (Phi) is 2.81. The number of fused-ring (bicyclic) bond motifs is 1. The highest BCUT2D eigenvalue weighted by Gasteiger charge is 2.14. The van der Waals surface area contributed by atoms with Crippen LogP contribution in [0.5, 0.6) is 0 Å². The first kappa shape index (κ1) is 12.7. The van der Waals surface area contributed by atoms with Gasteiger partial charge in [0.1, 0.15) is 6.07 Å². The van der Waals surface area contributed by atoms with Gasteiger partial charge in [0, 0.05) is 0 Å². The second-order valence-corrected chi connectivity index (χ2v) is 4.43. The zero-order valence-corrected chi connectivity index (χ0v) is 10.7. The van der Waals surface area contributed by atoms with Crippen LogP contribution in [0.4, 0.5) is 0 Å². The van der Waals surface area contributed by atoms with Gasteiger partial charge in [-0.1, -0.05) is 12.1 Å². The lowest BCUT2D eigenvalue weighted by atomic mass is 10.1. The summed E-state index contributed by atoms with van der Waals surface area (Å²) in [6.07, 6.45) is 0. The standard InChI is InChI=1S/C15H9N3O3/c16-8-10-3-1-2-4-12(10)18-13-7-9(14(19)20)5-6-11(13)17-15(18)21/h1-7H,(H,17,21)(H,19,20). The number of aromatic amines is 1. The van der Waals surface area contributed by atoms with E-state index in [1.165, 1.54) is 22.8 Å². The van der Waals surface area contributed by atoms with Crippen LogP contribution in [-0.2, 0) is 0 Å². The van der Waals surface area contributed by atoms with Crippen LogP contribution in [0.1, 0.15) is 15.9 Å². The van der Waals surface area contributed by atoms with E-state index in [9.17, 15) is 9.59 Å². The van der Waals surface area contributed by atoms with Crippen molar-refractivity contribution in [2.24, 2.45) is 0 Å². The van der Waals surface area contributed by atoms with Crippen LogP contribution in [0, 0.1) is 11.3 Å². The van der Waals surface area contributed by atoms with Crippen molar-refractivity contribution < 1.29 is 9.90 Å². The topological polar surface area (TPSA) is 98.9 Å². The van der Waals surface area contributed by atoms with Gasteiger partial charge >= 0.3 is 11.7 Å². The number of carboxylic acid groups (broad SMARTS) is 1.